The minimum Gasteiger partial charge on any atom is -0.489 e. The minimum absolute atomic E-state index is 0.0644. The van der Waals surface area contributed by atoms with E-state index in [-0.39, 0.29) is 38.8 Å². The van der Waals surface area contributed by atoms with Gasteiger partial charge in [0.05, 0.1) is 11.9 Å². The second kappa shape index (κ2) is 9.90. The zero-order valence-corrected chi connectivity index (χ0v) is 20.8. The van der Waals surface area contributed by atoms with Crippen LogP contribution in [0.15, 0.2) is 48.5 Å². The normalized spacial score (nSPS) is 21.2. The molecule has 2 fully saturated rings. The molecule has 0 saturated carbocycles. The summed E-state index contributed by atoms with van der Waals surface area (Å²) in [5.41, 5.74) is 1.86. The molecule has 2 aromatic rings. The van der Waals surface area contributed by atoms with Crippen molar-refractivity contribution in [3.8, 4) is 5.75 Å². The topological polar surface area (TPSA) is 132 Å². The third kappa shape index (κ3) is 5.32. The Labute approximate surface area is 213 Å². The van der Waals surface area contributed by atoms with Gasteiger partial charge in [-0.2, -0.15) is 8.42 Å². The molecule has 0 radical (unpaired) electrons. The van der Waals surface area contributed by atoms with Crippen LogP contribution in [0.1, 0.15) is 5.56 Å². The highest BCUT2D eigenvalue weighted by molar-refractivity contribution is 7.85. The Balaban J connectivity index is 1.22. The number of amides is 3. The number of ether oxygens (including phenoxy) is 3. The summed E-state index contributed by atoms with van der Waals surface area (Å²) in [7, 11) is -3.70. The summed E-state index contributed by atoms with van der Waals surface area (Å²) in [5, 5.41) is 0. The number of benzene rings is 2. The fourth-order valence-electron chi connectivity index (χ4n) is 4.43. The van der Waals surface area contributed by atoms with E-state index in [1.807, 2.05) is 30.3 Å². The predicted octanol–water partition coefficient (Wildman–Crippen LogP) is 1.73. The second-order valence-electron chi connectivity index (χ2n) is 8.82. The molecule has 12 nitrogen and oxygen atoms in total. The number of fused-ring (bicyclic) bond motifs is 3. The maximum Gasteiger partial charge on any atom is 0.415 e. The number of hydrogen-bond donors (Lipinski definition) is 0. The summed E-state index contributed by atoms with van der Waals surface area (Å²) >= 11 is 0. The number of cyclic esters (lactones) is 1. The Morgan fingerprint density at radius 3 is 2.62 bits per heavy atom. The van der Waals surface area contributed by atoms with Gasteiger partial charge >= 0.3 is 12.2 Å². The van der Waals surface area contributed by atoms with Crippen LogP contribution in [0.2, 0.25) is 0 Å². The van der Waals surface area contributed by atoms with E-state index in [0.717, 1.165) is 11.8 Å². The van der Waals surface area contributed by atoms with Crippen LogP contribution in [0.4, 0.5) is 21.0 Å². The van der Waals surface area contributed by atoms with Crippen molar-refractivity contribution >= 4 is 39.6 Å². The minimum atomic E-state index is -3.70. The van der Waals surface area contributed by atoms with Crippen molar-refractivity contribution in [1.29, 1.82) is 0 Å². The predicted molar refractivity (Wildman–Crippen MR) is 130 cm³/mol. The molecule has 37 heavy (non-hydrogen) atoms. The molecule has 196 valence electrons. The first-order chi connectivity index (χ1) is 17.7. The van der Waals surface area contributed by atoms with Crippen molar-refractivity contribution in [2.24, 2.45) is 0 Å². The lowest BCUT2D eigenvalue weighted by Crippen LogP contribution is -2.52. The van der Waals surface area contributed by atoms with E-state index in [2.05, 4.69) is 0 Å². The third-order valence-corrected chi connectivity index (χ3v) is 6.83. The highest BCUT2D eigenvalue weighted by atomic mass is 32.2. The van der Waals surface area contributed by atoms with E-state index < -0.39 is 34.5 Å². The lowest BCUT2D eigenvalue weighted by atomic mass is 10.1. The number of carbonyl (C=O) groups excluding carboxylic acids is 3. The second-order valence-corrected chi connectivity index (χ2v) is 10.5. The van der Waals surface area contributed by atoms with Crippen LogP contribution in [-0.4, -0.2) is 82.7 Å². The molecule has 0 N–H and O–H groups in total. The Morgan fingerprint density at radius 1 is 1.11 bits per heavy atom. The molecule has 3 amide bonds. The standard InChI is InChI=1S/C24H25N3O9S/c1-37(31,32)35-15-21-19-14-33-20-11-17(7-8-18(20)27(19)24(30)36-21)26-10-9-25(12-22(26)28)23(29)34-13-16-5-3-2-4-6-16/h2-8,11,19,21H,9-10,12-15H2,1H3/t19-,21-/m0/s1. The van der Waals surface area contributed by atoms with E-state index in [0.29, 0.717) is 23.7 Å². The van der Waals surface area contributed by atoms with Gasteiger partial charge in [-0.15, -0.1) is 0 Å². The summed E-state index contributed by atoms with van der Waals surface area (Å²) in [5.74, 6) is 0.1000. The van der Waals surface area contributed by atoms with E-state index in [4.69, 9.17) is 18.4 Å². The zero-order valence-electron chi connectivity index (χ0n) is 19.9. The fourth-order valence-corrected chi connectivity index (χ4v) is 4.82. The SMILES string of the molecule is CS(=O)(=O)OC[C@@H]1OC(=O)N2c3ccc(N4CCN(C(=O)OCc5ccccc5)CC4=O)cc3OC[C@@H]12. The van der Waals surface area contributed by atoms with Crippen LogP contribution in [0.5, 0.6) is 5.75 Å². The molecule has 2 saturated heterocycles. The average Bonchev–Trinajstić information content (AvgIpc) is 3.21. The first-order valence-corrected chi connectivity index (χ1v) is 13.4. The van der Waals surface area contributed by atoms with Crippen molar-refractivity contribution in [3.63, 3.8) is 0 Å². The van der Waals surface area contributed by atoms with Gasteiger partial charge in [-0.1, -0.05) is 30.3 Å². The van der Waals surface area contributed by atoms with Crippen LogP contribution in [0, 0.1) is 0 Å². The average molecular weight is 532 g/mol. The van der Waals surface area contributed by atoms with Gasteiger partial charge < -0.3 is 19.1 Å². The van der Waals surface area contributed by atoms with Crippen molar-refractivity contribution in [2.45, 2.75) is 18.8 Å². The van der Waals surface area contributed by atoms with E-state index >= 15 is 0 Å². The number of nitrogens with zero attached hydrogens (tertiary/aromatic N) is 3. The van der Waals surface area contributed by atoms with Crippen molar-refractivity contribution < 1.29 is 41.2 Å². The van der Waals surface area contributed by atoms with Crippen LogP contribution in [-0.2, 0) is 35.2 Å². The molecule has 3 heterocycles. The molecule has 5 rings (SSSR count). The number of piperazine rings is 1. The van der Waals surface area contributed by atoms with Gasteiger partial charge in [-0.3, -0.25) is 18.8 Å². The van der Waals surface area contributed by atoms with Gasteiger partial charge in [-0.05, 0) is 17.7 Å². The van der Waals surface area contributed by atoms with Gasteiger partial charge in [0, 0.05) is 24.8 Å². The van der Waals surface area contributed by atoms with E-state index in [9.17, 15) is 22.8 Å². The van der Waals surface area contributed by atoms with Crippen LogP contribution in [0.3, 0.4) is 0 Å². The molecular weight excluding hydrogens is 506 g/mol. The summed E-state index contributed by atoms with van der Waals surface area (Å²) in [4.78, 5) is 42.1. The molecule has 3 aliphatic heterocycles. The van der Waals surface area contributed by atoms with Gasteiger partial charge in [0.15, 0.2) is 6.10 Å². The summed E-state index contributed by atoms with van der Waals surface area (Å²) in [6.45, 7) is 0.298. The smallest absolute Gasteiger partial charge is 0.415 e. The van der Waals surface area contributed by atoms with E-state index in [1.165, 1.54) is 9.80 Å². The summed E-state index contributed by atoms with van der Waals surface area (Å²) < 4.78 is 43.9. The maximum absolute atomic E-state index is 12.9. The van der Waals surface area contributed by atoms with Gasteiger partial charge in [0.1, 0.15) is 38.2 Å². The van der Waals surface area contributed by atoms with Gasteiger partial charge in [0.25, 0.3) is 10.1 Å². The maximum atomic E-state index is 12.9. The number of carbonyl (C=O) groups is 3. The summed E-state index contributed by atoms with van der Waals surface area (Å²) in [6, 6.07) is 13.7. The van der Waals surface area contributed by atoms with Gasteiger partial charge in [-0.25, -0.2) is 9.59 Å². The number of anilines is 2. The first-order valence-electron chi connectivity index (χ1n) is 11.6. The Hall–Kier alpha value is -3.84. The van der Waals surface area contributed by atoms with Crippen molar-refractivity contribution in [1.82, 2.24) is 4.90 Å². The van der Waals surface area contributed by atoms with Crippen molar-refractivity contribution in [3.05, 3.63) is 54.1 Å². The van der Waals surface area contributed by atoms with Crippen LogP contribution >= 0.6 is 0 Å². The fraction of sp³-hybridized carbons (Fsp3) is 0.375. The lowest BCUT2D eigenvalue weighted by Gasteiger charge is -2.35. The zero-order chi connectivity index (χ0) is 26.2. The molecule has 2 atom stereocenters. The van der Waals surface area contributed by atoms with Crippen LogP contribution < -0.4 is 14.5 Å². The quantitative estimate of drug-likeness (QED) is 0.511. The highest BCUT2D eigenvalue weighted by Gasteiger charge is 2.47. The largest absolute Gasteiger partial charge is 0.489 e. The summed E-state index contributed by atoms with van der Waals surface area (Å²) in [6.07, 6.45) is -1.09. The molecule has 0 bridgehead atoms. The number of hydrogen-bond acceptors (Lipinski definition) is 9. The Kier molecular flexibility index (Phi) is 6.65. The Morgan fingerprint density at radius 2 is 1.89 bits per heavy atom. The molecule has 13 heteroatoms. The van der Waals surface area contributed by atoms with Crippen molar-refractivity contribution in [2.75, 3.05) is 48.9 Å². The monoisotopic (exact) mass is 531 g/mol. The Bertz CT molecular complexity index is 1320. The number of rotatable bonds is 6. The van der Waals surface area contributed by atoms with Gasteiger partial charge in [0.2, 0.25) is 5.91 Å². The highest BCUT2D eigenvalue weighted by Crippen LogP contribution is 2.41. The molecule has 0 spiro atoms. The van der Waals surface area contributed by atoms with Crippen LogP contribution in [0.25, 0.3) is 0 Å². The molecule has 3 aliphatic rings. The van der Waals surface area contributed by atoms with E-state index in [1.54, 1.807) is 23.1 Å². The molecule has 0 unspecified atom stereocenters. The first kappa shape index (κ1) is 24.8. The molecule has 2 aromatic carbocycles. The molecular formula is C24H25N3O9S. The lowest BCUT2D eigenvalue weighted by molar-refractivity contribution is -0.120. The molecule has 0 aliphatic carbocycles. The third-order valence-electron chi connectivity index (χ3n) is 6.26. The molecule has 0 aromatic heterocycles.